The monoisotopic (exact) mass is 359 g/mol. The fraction of sp³-hybridized carbons (Fsp3) is 0.958. The maximum atomic E-state index is 11.6. The SMILES string of the molecule is CNC(=O)CCC[C@H]1CCC2C3CCC4CCCC[C@]4(C)C3CC[C@@]21C. The fourth-order valence-electron chi connectivity index (χ4n) is 8.51. The summed E-state index contributed by atoms with van der Waals surface area (Å²) in [6.45, 7) is 5.33. The van der Waals surface area contributed by atoms with Gasteiger partial charge in [0.25, 0.3) is 0 Å². The first-order valence-corrected chi connectivity index (χ1v) is 11.7. The van der Waals surface area contributed by atoms with E-state index in [2.05, 4.69) is 19.2 Å². The lowest BCUT2D eigenvalue weighted by molar-refractivity contribution is -0.121. The van der Waals surface area contributed by atoms with Crippen molar-refractivity contribution < 1.29 is 4.79 Å². The highest BCUT2D eigenvalue weighted by Crippen LogP contribution is 2.67. The van der Waals surface area contributed by atoms with E-state index in [4.69, 9.17) is 0 Å². The molecular weight excluding hydrogens is 318 g/mol. The van der Waals surface area contributed by atoms with E-state index in [1.807, 2.05) is 0 Å². The molecule has 4 saturated carbocycles. The Hall–Kier alpha value is -0.530. The lowest BCUT2D eigenvalue weighted by Crippen LogP contribution is -2.52. The van der Waals surface area contributed by atoms with Crippen LogP contribution in [0.25, 0.3) is 0 Å². The molecule has 2 nitrogen and oxygen atoms in total. The van der Waals surface area contributed by atoms with Crippen molar-refractivity contribution in [3.05, 3.63) is 0 Å². The zero-order valence-corrected chi connectivity index (χ0v) is 17.5. The van der Waals surface area contributed by atoms with Gasteiger partial charge in [0.05, 0.1) is 0 Å². The van der Waals surface area contributed by atoms with Crippen molar-refractivity contribution in [2.24, 2.45) is 40.4 Å². The van der Waals surface area contributed by atoms with Crippen LogP contribution in [-0.4, -0.2) is 13.0 Å². The Labute approximate surface area is 161 Å². The summed E-state index contributed by atoms with van der Waals surface area (Å²) < 4.78 is 0. The van der Waals surface area contributed by atoms with Crippen LogP contribution in [-0.2, 0) is 4.79 Å². The molecule has 0 bridgehead atoms. The molecule has 4 fully saturated rings. The van der Waals surface area contributed by atoms with Gasteiger partial charge in [-0.2, -0.15) is 0 Å². The number of fused-ring (bicyclic) bond motifs is 5. The van der Waals surface area contributed by atoms with Crippen LogP contribution in [0.3, 0.4) is 0 Å². The van der Waals surface area contributed by atoms with Crippen molar-refractivity contribution in [3.63, 3.8) is 0 Å². The molecule has 0 heterocycles. The summed E-state index contributed by atoms with van der Waals surface area (Å²) in [6.07, 6.45) is 18.0. The van der Waals surface area contributed by atoms with E-state index < -0.39 is 0 Å². The first-order valence-electron chi connectivity index (χ1n) is 11.7. The van der Waals surface area contributed by atoms with Crippen molar-refractivity contribution in [3.8, 4) is 0 Å². The molecule has 26 heavy (non-hydrogen) atoms. The summed E-state index contributed by atoms with van der Waals surface area (Å²) in [5.41, 5.74) is 1.24. The van der Waals surface area contributed by atoms with Crippen LogP contribution in [0.15, 0.2) is 0 Å². The fourth-order valence-corrected chi connectivity index (χ4v) is 8.51. The lowest BCUT2D eigenvalue weighted by Gasteiger charge is -2.60. The van der Waals surface area contributed by atoms with Crippen LogP contribution < -0.4 is 5.32 Å². The number of rotatable bonds is 4. The molecule has 0 aromatic heterocycles. The van der Waals surface area contributed by atoms with Crippen LogP contribution >= 0.6 is 0 Å². The summed E-state index contributed by atoms with van der Waals surface area (Å²) in [5, 5.41) is 2.79. The van der Waals surface area contributed by atoms with Crippen LogP contribution in [0.4, 0.5) is 0 Å². The predicted octanol–water partition coefficient (Wildman–Crippen LogP) is 5.95. The summed E-state index contributed by atoms with van der Waals surface area (Å²) >= 11 is 0. The normalized spacial score (nSPS) is 47.6. The van der Waals surface area contributed by atoms with Gasteiger partial charge in [0.2, 0.25) is 5.91 Å². The van der Waals surface area contributed by atoms with Gasteiger partial charge >= 0.3 is 0 Å². The second-order valence-corrected chi connectivity index (χ2v) is 10.8. The summed E-state index contributed by atoms with van der Waals surface area (Å²) in [7, 11) is 1.76. The molecule has 0 saturated heterocycles. The quantitative estimate of drug-likeness (QED) is 0.660. The van der Waals surface area contributed by atoms with Gasteiger partial charge in [0.1, 0.15) is 0 Å². The van der Waals surface area contributed by atoms with Gasteiger partial charge < -0.3 is 5.32 Å². The first-order chi connectivity index (χ1) is 12.5. The second kappa shape index (κ2) is 7.13. The van der Waals surface area contributed by atoms with Crippen LogP contribution in [0.1, 0.15) is 97.3 Å². The molecule has 0 aliphatic heterocycles. The van der Waals surface area contributed by atoms with Crippen LogP contribution in [0.5, 0.6) is 0 Å². The molecule has 1 amide bonds. The molecule has 2 heteroatoms. The minimum atomic E-state index is 0.219. The zero-order chi connectivity index (χ0) is 18.4. The van der Waals surface area contributed by atoms with Gasteiger partial charge in [-0.05, 0) is 105 Å². The summed E-state index contributed by atoms with van der Waals surface area (Å²) in [6, 6.07) is 0. The molecule has 0 aromatic rings. The molecule has 4 unspecified atom stereocenters. The van der Waals surface area contributed by atoms with Crippen molar-refractivity contribution in [2.45, 2.75) is 97.3 Å². The molecule has 7 atom stereocenters. The van der Waals surface area contributed by atoms with Gasteiger partial charge in [-0.15, -0.1) is 0 Å². The van der Waals surface area contributed by atoms with E-state index in [0.717, 1.165) is 42.4 Å². The maximum Gasteiger partial charge on any atom is 0.219 e. The number of carbonyl (C=O) groups is 1. The highest BCUT2D eigenvalue weighted by Gasteiger charge is 2.59. The number of nitrogens with one attached hydrogen (secondary N) is 1. The van der Waals surface area contributed by atoms with E-state index >= 15 is 0 Å². The van der Waals surface area contributed by atoms with E-state index in [0.29, 0.717) is 10.8 Å². The predicted molar refractivity (Wildman–Crippen MR) is 108 cm³/mol. The average Bonchev–Trinajstić information content (AvgIpc) is 2.97. The van der Waals surface area contributed by atoms with Crippen molar-refractivity contribution in [1.29, 1.82) is 0 Å². The van der Waals surface area contributed by atoms with E-state index in [1.165, 1.54) is 70.6 Å². The van der Waals surface area contributed by atoms with Gasteiger partial charge in [-0.1, -0.05) is 26.7 Å². The third-order valence-corrected chi connectivity index (χ3v) is 10.0. The maximum absolute atomic E-state index is 11.6. The van der Waals surface area contributed by atoms with Crippen LogP contribution in [0.2, 0.25) is 0 Å². The largest absolute Gasteiger partial charge is 0.359 e. The Morgan fingerprint density at radius 1 is 0.923 bits per heavy atom. The molecule has 1 N–H and O–H groups in total. The summed E-state index contributed by atoms with van der Waals surface area (Å²) in [5.74, 6) is 5.13. The van der Waals surface area contributed by atoms with E-state index in [9.17, 15) is 4.79 Å². The molecule has 4 aliphatic rings. The third kappa shape index (κ3) is 2.94. The number of carbonyl (C=O) groups excluding carboxylic acids is 1. The molecule has 0 spiro atoms. The Morgan fingerprint density at radius 2 is 1.73 bits per heavy atom. The first kappa shape index (κ1) is 18.8. The minimum absolute atomic E-state index is 0.219. The van der Waals surface area contributed by atoms with Crippen molar-refractivity contribution >= 4 is 5.91 Å². The number of amides is 1. The van der Waals surface area contributed by atoms with E-state index in [-0.39, 0.29) is 5.91 Å². The standard InChI is InChI=1S/C24H41NO/c1-23-15-5-4-7-17(23)10-12-19-20-13-11-18(8-6-9-22(26)25-3)24(20,2)16-14-21(19)23/h17-21H,4-16H2,1-3H3,(H,25,26)/t17?,18-,19?,20?,21?,23-,24+/m0/s1. The molecule has 0 aromatic carbocycles. The van der Waals surface area contributed by atoms with Gasteiger partial charge in [0, 0.05) is 13.5 Å². The lowest BCUT2D eigenvalue weighted by atomic mass is 9.45. The average molecular weight is 360 g/mol. The van der Waals surface area contributed by atoms with Crippen molar-refractivity contribution in [1.82, 2.24) is 5.32 Å². The van der Waals surface area contributed by atoms with E-state index in [1.54, 1.807) is 7.05 Å². The van der Waals surface area contributed by atoms with Gasteiger partial charge in [-0.25, -0.2) is 0 Å². The van der Waals surface area contributed by atoms with Crippen molar-refractivity contribution in [2.75, 3.05) is 7.05 Å². The highest BCUT2D eigenvalue weighted by molar-refractivity contribution is 5.75. The van der Waals surface area contributed by atoms with Gasteiger partial charge in [-0.3, -0.25) is 4.79 Å². The minimum Gasteiger partial charge on any atom is -0.359 e. The summed E-state index contributed by atoms with van der Waals surface area (Å²) in [4.78, 5) is 11.6. The zero-order valence-electron chi connectivity index (χ0n) is 17.5. The molecule has 4 aliphatic carbocycles. The Balaban J connectivity index is 1.45. The number of hydrogen-bond donors (Lipinski definition) is 1. The van der Waals surface area contributed by atoms with Gasteiger partial charge in [0.15, 0.2) is 0 Å². The highest BCUT2D eigenvalue weighted by atomic mass is 16.1. The molecular formula is C24H41NO. The molecule has 4 rings (SSSR count). The third-order valence-electron chi connectivity index (χ3n) is 10.0. The molecule has 148 valence electrons. The van der Waals surface area contributed by atoms with Crippen LogP contribution in [0, 0.1) is 40.4 Å². The Kier molecular flexibility index (Phi) is 5.16. The second-order valence-electron chi connectivity index (χ2n) is 10.8. The Bertz CT molecular complexity index is 530. The molecule has 0 radical (unpaired) electrons. The topological polar surface area (TPSA) is 29.1 Å². The number of hydrogen-bond acceptors (Lipinski definition) is 1. The Morgan fingerprint density at radius 3 is 2.54 bits per heavy atom. The smallest absolute Gasteiger partial charge is 0.219 e.